The molecule has 0 saturated carbocycles. The summed E-state index contributed by atoms with van der Waals surface area (Å²) in [7, 11) is 1.59. The third-order valence-corrected chi connectivity index (χ3v) is 6.11. The Labute approximate surface area is 226 Å². The number of fused-ring (bicyclic) bond motifs is 1. The first-order valence-electron chi connectivity index (χ1n) is 12.2. The number of nitrogens with zero attached hydrogens (tertiary/aromatic N) is 4. The number of methoxy groups -OCH3 is 1. The monoisotopic (exact) mass is 525 g/mol. The van der Waals surface area contributed by atoms with Gasteiger partial charge in [-0.05, 0) is 61.4 Å². The van der Waals surface area contributed by atoms with Crippen LogP contribution in [0.4, 0.5) is 10.7 Å². The van der Waals surface area contributed by atoms with E-state index >= 15 is 0 Å². The lowest BCUT2D eigenvalue weighted by atomic mass is 9.99. The first-order valence-corrected chi connectivity index (χ1v) is 12.2. The number of aromatic amines is 1. The predicted octanol–water partition coefficient (Wildman–Crippen LogP) is 4.99. The zero-order chi connectivity index (χ0) is 26.6. The molecule has 200 valence electrons. The number of aromatic nitrogens is 5. The summed E-state index contributed by atoms with van der Waals surface area (Å²) in [5, 5.41) is 5.41. The number of amides is 2. The smallest absolute Gasteiger partial charge is 0.321 e. The molecule has 10 heteroatoms. The molecule has 10 nitrogen and oxygen atoms in total. The number of urea groups is 1. The highest BCUT2D eigenvalue weighted by Crippen LogP contribution is 2.34. The van der Waals surface area contributed by atoms with E-state index in [1.165, 1.54) is 0 Å². The molecule has 0 radical (unpaired) electrons. The number of imidazole rings is 1. The van der Waals surface area contributed by atoms with Crippen molar-refractivity contribution < 1.29 is 9.53 Å². The summed E-state index contributed by atoms with van der Waals surface area (Å²) in [6.45, 7) is 4.62. The van der Waals surface area contributed by atoms with Gasteiger partial charge in [-0.15, -0.1) is 0 Å². The van der Waals surface area contributed by atoms with Crippen molar-refractivity contribution in [2.24, 2.45) is 0 Å². The summed E-state index contributed by atoms with van der Waals surface area (Å²) in [5.41, 5.74) is 5.73. The molecule has 5 aromatic rings. The van der Waals surface area contributed by atoms with E-state index < -0.39 is 0 Å². The van der Waals surface area contributed by atoms with Crippen LogP contribution < -0.4 is 20.9 Å². The van der Waals surface area contributed by atoms with Crippen molar-refractivity contribution in [3.05, 3.63) is 88.7 Å². The Bertz CT molecular complexity index is 1680. The van der Waals surface area contributed by atoms with Crippen LogP contribution in [0.3, 0.4) is 0 Å². The molecule has 2 amide bonds. The second-order valence-corrected chi connectivity index (χ2v) is 8.70. The maximum absolute atomic E-state index is 13.2. The quantitative estimate of drug-likeness (QED) is 0.275. The molecule has 39 heavy (non-hydrogen) atoms. The molecule has 1 aromatic carbocycles. The van der Waals surface area contributed by atoms with Gasteiger partial charge in [-0.3, -0.25) is 20.1 Å². The summed E-state index contributed by atoms with van der Waals surface area (Å²) in [5.74, 6) is 0.951. The number of hydrogen-bond donors (Lipinski definition) is 3. The molecule has 0 aliphatic rings. The number of carbonyl (C=O) groups is 1. The summed E-state index contributed by atoms with van der Waals surface area (Å²) in [6, 6.07) is 16.3. The van der Waals surface area contributed by atoms with E-state index in [2.05, 4.69) is 30.6 Å². The summed E-state index contributed by atoms with van der Waals surface area (Å²) >= 11 is 0. The second kappa shape index (κ2) is 11.6. The minimum Gasteiger partial charge on any atom is -0.497 e. The van der Waals surface area contributed by atoms with Crippen molar-refractivity contribution in [2.75, 3.05) is 19.0 Å². The Morgan fingerprint density at radius 3 is 2.59 bits per heavy atom. The number of anilines is 1. The molecule has 0 fully saturated rings. The molecule has 0 aliphatic heterocycles. The number of aryl methyl sites for hydroxylation is 1. The third kappa shape index (κ3) is 5.80. The highest BCUT2D eigenvalue weighted by atomic mass is 16.5. The maximum atomic E-state index is 13.2. The second-order valence-electron chi connectivity index (χ2n) is 8.70. The molecule has 0 unspecified atom stereocenters. The zero-order valence-corrected chi connectivity index (χ0v) is 21.3. The number of benzene rings is 1. The molecule has 5 rings (SSSR count). The van der Waals surface area contributed by atoms with Gasteiger partial charge in [0.25, 0.3) is 5.56 Å². The van der Waals surface area contributed by atoms with E-state index in [-0.39, 0.29) is 19.0 Å². The van der Waals surface area contributed by atoms with Crippen LogP contribution >= 0.6 is 0 Å². The van der Waals surface area contributed by atoms with Gasteiger partial charge < -0.3 is 19.6 Å². The van der Waals surface area contributed by atoms with Crippen molar-refractivity contribution >= 4 is 23.0 Å². The molecular formula is C29H31N7O3. The fraction of sp³-hybridized carbons (Fsp3) is 0.207. The van der Waals surface area contributed by atoms with Crippen LogP contribution in [0.1, 0.15) is 25.7 Å². The van der Waals surface area contributed by atoms with Crippen molar-refractivity contribution in [1.82, 2.24) is 29.8 Å². The Kier molecular flexibility index (Phi) is 8.04. The first kappa shape index (κ1) is 27.1. The lowest BCUT2D eigenvalue weighted by molar-refractivity contribution is 0.252. The van der Waals surface area contributed by atoms with Gasteiger partial charge >= 0.3 is 6.03 Å². The Balaban J connectivity index is 0.00000353. The Morgan fingerprint density at radius 1 is 1.05 bits per heavy atom. The molecule has 0 aliphatic carbocycles. The highest BCUT2D eigenvalue weighted by Gasteiger charge is 2.16. The number of pyridine rings is 3. The van der Waals surface area contributed by atoms with E-state index in [9.17, 15) is 9.59 Å². The maximum Gasteiger partial charge on any atom is 0.321 e. The number of H-pyrrole nitrogens is 1. The topological polar surface area (TPSA) is 127 Å². The SMILES string of the molecule is C.CCNC(=O)Nc1nc2c(-c3cc(OC)ccn3)cc(-c3cc(C)n(Cc4ccccn4)c(=O)c3)cc2[nH]1. The summed E-state index contributed by atoms with van der Waals surface area (Å²) in [4.78, 5) is 41.9. The summed E-state index contributed by atoms with van der Waals surface area (Å²) < 4.78 is 7.09. The van der Waals surface area contributed by atoms with Crippen LogP contribution in [0.2, 0.25) is 0 Å². The predicted molar refractivity (Wildman–Crippen MR) is 153 cm³/mol. The van der Waals surface area contributed by atoms with Gasteiger partial charge in [0.1, 0.15) is 5.75 Å². The minimum absolute atomic E-state index is 0. The van der Waals surface area contributed by atoms with Gasteiger partial charge in [0.2, 0.25) is 5.95 Å². The van der Waals surface area contributed by atoms with Crippen LogP contribution in [0.5, 0.6) is 5.75 Å². The van der Waals surface area contributed by atoms with Crippen molar-refractivity contribution in [3.63, 3.8) is 0 Å². The molecule has 3 N–H and O–H groups in total. The molecule has 0 bridgehead atoms. The largest absolute Gasteiger partial charge is 0.497 e. The number of nitrogens with one attached hydrogen (secondary N) is 3. The van der Waals surface area contributed by atoms with Crippen LogP contribution in [-0.4, -0.2) is 44.2 Å². The lowest BCUT2D eigenvalue weighted by Gasteiger charge is -2.13. The number of carbonyl (C=O) groups excluding carboxylic acids is 1. The Morgan fingerprint density at radius 2 is 1.87 bits per heavy atom. The van der Waals surface area contributed by atoms with Crippen molar-refractivity contribution in [1.29, 1.82) is 0 Å². The molecule has 0 saturated heterocycles. The minimum atomic E-state index is -0.361. The zero-order valence-electron chi connectivity index (χ0n) is 21.3. The van der Waals surface area contributed by atoms with Gasteiger partial charge in [0.15, 0.2) is 0 Å². The van der Waals surface area contributed by atoms with Gasteiger partial charge in [-0.1, -0.05) is 13.5 Å². The standard InChI is InChI=1S/C28H27N7O3.CH4/c1-4-29-28(37)34-27-32-24-13-19(12-22(26(24)33-27)23-15-21(38-3)8-10-31-23)18-11-17(2)35(25(36)14-18)16-20-7-5-6-9-30-20;/h5-15H,4,16H2,1-3H3,(H3,29,32,33,34,37);1H4. The number of ether oxygens (including phenoxy) is 1. The molecule has 0 spiro atoms. The van der Waals surface area contributed by atoms with Gasteiger partial charge in [-0.25, -0.2) is 9.78 Å². The third-order valence-electron chi connectivity index (χ3n) is 6.11. The van der Waals surface area contributed by atoms with E-state index in [0.29, 0.717) is 41.5 Å². The van der Waals surface area contributed by atoms with E-state index in [1.54, 1.807) is 36.2 Å². The van der Waals surface area contributed by atoms with Crippen LogP contribution in [0.15, 0.2) is 71.8 Å². The van der Waals surface area contributed by atoms with Crippen LogP contribution in [0.25, 0.3) is 33.4 Å². The number of hydrogen-bond acceptors (Lipinski definition) is 6. The molecular weight excluding hydrogens is 494 g/mol. The van der Waals surface area contributed by atoms with Gasteiger partial charge in [0.05, 0.1) is 36.1 Å². The van der Waals surface area contributed by atoms with Gasteiger partial charge in [-0.2, -0.15) is 0 Å². The van der Waals surface area contributed by atoms with E-state index in [4.69, 9.17) is 4.74 Å². The van der Waals surface area contributed by atoms with Crippen LogP contribution in [-0.2, 0) is 6.54 Å². The van der Waals surface area contributed by atoms with E-state index in [1.807, 2.05) is 56.3 Å². The average molecular weight is 526 g/mol. The fourth-order valence-electron chi connectivity index (χ4n) is 4.29. The van der Waals surface area contributed by atoms with Crippen LogP contribution in [0, 0.1) is 6.92 Å². The van der Waals surface area contributed by atoms with Crippen molar-refractivity contribution in [3.8, 4) is 28.1 Å². The van der Waals surface area contributed by atoms with Crippen molar-refractivity contribution in [2.45, 2.75) is 27.8 Å². The highest BCUT2D eigenvalue weighted by molar-refractivity contribution is 5.98. The van der Waals surface area contributed by atoms with Gasteiger partial charge in [0, 0.05) is 42.3 Å². The molecule has 4 aromatic heterocycles. The number of rotatable bonds is 7. The lowest BCUT2D eigenvalue weighted by Crippen LogP contribution is -2.28. The fourth-order valence-corrected chi connectivity index (χ4v) is 4.29. The normalized spacial score (nSPS) is 10.6. The summed E-state index contributed by atoms with van der Waals surface area (Å²) in [6.07, 6.45) is 3.38. The molecule has 4 heterocycles. The average Bonchev–Trinajstić information content (AvgIpc) is 3.33. The Hall–Kier alpha value is -4.99. The van der Waals surface area contributed by atoms with E-state index in [0.717, 1.165) is 28.1 Å². The first-order chi connectivity index (χ1) is 18.4. The molecule has 0 atom stereocenters.